The molecular weight excluding hydrogens is 233 g/mol. The van der Waals surface area contributed by atoms with Crippen LogP contribution in [0.15, 0.2) is 35.4 Å². The van der Waals surface area contributed by atoms with Crippen LogP contribution >= 0.6 is 0 Å². The maximum absolute atomic E-state index is 13.6. The summed E-state index contributed by atoms with van der Waals surface area (Å²) in [6.07, 6.45) is 1.42. The minimum atomic E-state index is -0.348. The Balaban J connectivity index is 2.36. The fourth-order valence-electron chi connectivity index (χ4n) is 1.70. The third kappa shape index (κ3) is 2.62. The van der Waals surface area contributed by atoms with Gasteiger partial charge in [-0.15, -0.1) is 0 Å². The van der Waals surface area contributed by atoms with Gasteiger partial charge >= 0.3 is 0 Å². The molecule has 1 aromatic carbocycles. The van der Waals surface area contributed by atoms with Crippen molar-refractivity contribution >= 4 is 0 Å². The van der Waals surface area contributed by atoms with E-state index in [4.69, 9.17) is 5.73 Å². The van der Waals surface area contributed by atoms with Crippen molar-refractivity contribution in [1.82, 2.24) is 9.55 Å². The number of hydrogen-bond acceptors (Lipinski definition) is 3. The van der Waals surface area contributed by atoms with Gasteiger partial charge in [-0.05, 0) is 24.6 Å². The van der Waals surface area contributed by atoms with Gasteiger partial charge in [-0.25, -0.2) is 9.37 Å². The Morgan fingerprint density at radius 1 is 1.39 bits per heavy atom. The quantitative estimate of drug-likeness (QED) is 0.886. The van der Waals surface area contributed by atoms with Gasteiger partial charge in [0.2, 0.25) is 0 Å². The fraction of sp³-hybridized carbons (Fsp3) is 0.231. The van der Waals surface area contributed by atoms with E-state index in [0.717, 1.165) is 5.56 Å². The molecule has 2 aromatic rings. The highest BCUT2D eigenvalue weighted by Gasteiger charge is 2.05. The number of rotatable bonds is 3. The first-order valence-corrected chi connectivity index (χ1v) is 5.60. The lowest BCUT2D eigenvalue weighted by atomic mass is 10.1. The zero-order chi connectivity index (χ0) is 13.1. The molecule has 2 N–H and O–H groups in total. The summed E-state index contributed by atoms with van der Waals surface area (Å²) in [4.78, 5) is 15.7. The van der Waals surface area contributed by atoms with Gasteiger partial charge in [0.15, 0.2) is 0 Å². The highest BCUT2D eigenvalue weighted by atomic mass is 19.1. The average molecular weight is 247 g/mol. The van der Waals surface area contributed by atoms with Gasteiger partial charge in [0, 0.05) is 23.9 Å². The number of aromatic nitrogens is 2. The van der Waals surface area contributed by atoms with Crippen LogP contribution in [-0.4, -0.2) is 9.55 Å². The van der Waals surface area contributed by atoms with Crippen LogP contribution in [0.3, 0.4) is 0 Å². The lowest BCUT2D eigenvalue weighted by Gasteiger charge is -2.08. The predicted octanol–water partition coefficient (Wildman–Crippen LogP) is 1.20. The highest BCUT2D eigenvalue weighted by Crippen LogP contribution is 2.11. The monoisotopic (exact) mass is 247 g/mol. The van der Waals surface area contributed by atoms with Crippen molar-refractivity contribution in [3.63, 3.8) is 0 Å². The second-order valence-corrected chi connectivity index (χ2v) is 4.13. The highest BCUT2D eigenvalue weighted by molar-refractivity contribution is 5.25. The zero-order valence-electron chi connectivity index (χ0n) is 10.1. The van der Waals surface area contributed by atoms with Crippen LogP contribution < -0.4 is 11.3 Å². The van der Waals surface area contributed by atoms with Crippen molar-refractivity contribution in [2.24, 2.45) is 5.73 Å². The van der Waals surface area contributed by atoms with Gasteiger partial charge in [0.05, 0.1) is 12.9 Å². The van der Waals surface area contributed by atoms with E-state index in [1.807, 2.05) is 0 Å². The summed E-state index contributed by atoms with van der Waals surface area (Å²) in [5, 5.41) is 0. The summed E-state index contributed by atoms with van der Waals surface area (Å²) >= 11 is 0. The van der Waals surface area contributed by atoms with Crippen molar-refractivity contribution in [2.45, 2.75) is 20.0 Å². The molecule has 5 heteroatoms. The topological polar surface area (TPSA) is 60.9 Å². The summed E-state index contributed by atoms with van der Waals surface area (Å²) in [5.74, 6) is -0.348. The minimum Gasteiger partial charge on any atom is -0.326 e. The molecule has 0 fully saturated rings. The molecule has 0 saturated heterocycles. The molecular formula is C13H14FN3O. The molecule has 0 spiro atoms. The Kier molecular flexibility index (Phi) is 3.53. The summed E-state index contributed by atoms with van der Waals surface area (Å²) in [7, 11) is 0. The summed E-state index contributed by atoms with van der Waals surface area (Å²) in [6.45, 7) is 2.24. The number of nitrogens with zero attached hydrogens (tertiary/aromatic N) is 2. The van der Waals surface area contributed by atoms with Crippen molar-refractivity contribution in [2.75, 3.05) is 0 Å². The van der Waals surface area contributed by atoms with Crippen LogP contribution in [0, 0.1) is 12.7 Å². The van der Waals surface area contributed by atoms with Crippen molar-refractivity contribution < 1.29 is 4.39 Å². The second-order valence-electron chi connectivity index (χ2n) is 4.13. The van der Waals surface area contributed by atoms with Crippen molar-refractivity contribution in [1.29, 1.82) is 0 Å². The number of hydrogen-bond donors (Lipinski definition) is 1. The van der Waals surface area contributed by atoms with Gasteiger partial charge in [0.1, 0.15) is 5.82 Å². The Morgan fingerprint density at radius 2 is 2.17 bits per heavy atom. The van der Waals surface area contributed by atoms with Gasteiger partial charge in [0.25, 0.3) is 5.56 Å². The molecule has 18 heavy (non-hydrogen) atoms. The Morgan fingerprint density at radius 3 is 2.83 bits per heavy atom. The van der Waals surface area contributed by atoms with Gasteiger partial charge in [-0.2, -0.15) is 0 Å². The van der Waals surface area contributed by atoms with Crippen LogP contribution in [0.2, 0.25) is 0 Å². The van der Waals surface area contributed by atoms with E-state index in [1.54, 1.807) is 19.1 Å². The lowest BCUT2D eigenvalue weighted by molar-refractivity contribution is 0.592. The summed E-state index contributed by atoms with van der Waals surface area (Å²) in [6, 6.07) is 6.09. The molecule has 1 heterocycles. The lowest BCUT2D eigenvalue weighted by Crippen LogP contribution is -2.21. The fourth-order valence-corrected chi connectivity index (χ4v) is 1.70. The largest absolute Gasteiger partial charge is 0.326 e. The maximum atomic E-state index is 13.6. The molecule has 0 unspecified atom stereocenters. The molecule has 0 radical (unpaired) electrons. The van der Waals surface area contributed by atoms with E-state index in [2.05, 4.69) is 4.98 Å². The Labute approximate surface area is 104 Å². The SMILES string of the molecule is Cc1cc(=O)n(Cc2cc(CN)ccc2F)cn1. The predicted molar refractivity (Wildman–Crippen MR) is 66.6 cm³/mol. The van der Waals surface area contributed by atoms with Crippen LogP contribution in [0.1, 0.15) is 16.8 Å². The van der Waals surface area contributed by atoms with E-state index in [9.17, 15) is 9.18 Å². The first-order valence-electron chi connectivity index (χ1n) is 5.60. The molecule has 0 aliphatic carbocycles. The minimum absolute atomic E-state index is 0.159. The molecule has 0 saturated carbocycles. The average Bonchev–Trinajstić information content (AvgIpc) is 2.35. The van der Waals surface area contributed by atoms with Crippen LogP contribution in [0.25, 0.3) is 0 Å². The van der Waals surface area contributed by atoms with E-state index < -0.39 is 0 Å². The smallest absolute Gasteiger partial charge is 0.253 e. The molecule has 2 rings (SSSR count). The van der Waals surface area contributed by atoms with E-state index in [1.165, 1.54) is 23.0 Å². The van der Waals surface area contributed by atoms with Crippen LogP contribution in [0.5, 0.6) is 0 Å². The normalized spacial score (nSPS) is 10.6. The number of halogens is 1. The molecule has 0 atom stereocenters. The summed E-state index contributed by atoms with van der Waals surface area (Å²) in [5.41, 5.74) is 7.23. The maximum Gasteiger partial charge on any atom is 0.253 e. The number of benzene rings is 1. The molecule has 0 amide bonds. The molecule has 0 aliphatic heterocycles. The Bertz CT molecular complexity index is 622. The van der Waals surface area contributed by atoms with Crippen LogP contribution in [-0.2, 0) is 13.1 Å². The zero-order valence-corrected chi connectivity index (χ0v) is 10.1. The van der Waals surface area contributed by atoms with E-state index in [0.29, 0.717) is 17.8 Å². The van der Waals surface area contributed by atoms with Crippen molar-refractivity contribution in [3.8, 4) is 0 Å². The standard InChI is InChI=1S/C13H14FN3O/c1-9-4-13(18)17(8-16-9)7-11-5-10(6-15)2-3-12(11)14/h2-5,8H,6-7,15H2,1H3. The van der Waals surface area contributed by atoms with Gasteiger partial charge < -0.3 is 5.73 Å². The first-order chi connectivity index (χ1) is 8.60. The molecule has 94 valence electrons. The van der Waals surface area contributed by atoms with Gasteiger partial charge in [-0.1, -0.05) is 6.07 Å². The van der Waals surface area contributed by atoms with E-state index >= 15 is 0 Å². The molecule has 1 aromatic heterocycles. The van der Waals surface area contributed by atoms with Gasteiger partial charge in [-0.3, -0.25) is 9.36 Å². The second kappa shape index (κ2) is 5.10. The number of aryl methyl sites for hydroxylation is 1. The van der Waals surface area contributed by atoms with Crippen LogP contribution in [0.4, 0.5) is 4.39 Å². The molecule has 0 bridgehead atoms. The molecule has 0 aliphatic rings. The molecule has 4 nitrogen and oxygen atoms in total. The van der Waals surface area contributed by atoms with Crippen molar-refractivity contribution in [3.05, 3.63) is 63.6 Å². The third-order valence-corrected chi connectivity index (χ3v) is 2.70. The number of nitrogens with two attached hydrogens (primary N) is 1. The first kappa shape index (κ1) is 12.4. The Hall–Kier alpha value is -2.01. The third-order valence-electron chi connectivity index (χ3n) is 2.70. The summed E-state index contributed by atoms with van der Waals surface area (Å²) < 4.78 is 15.0. The van der Waals surface area contributed by atoms with E-state index in [-0.39, 0.29) is 17.9 Å².